The normalized spacial score (nSPS) is 10.5. The molecule has 0 spiro atoms. The van der Waals surface area contributed by atoms with Crippen molar-refractivity contribution in [1.29, 1.82) is 0 Å². The number of hydrogen-bond donors (Lipinski definition) is 2. The highest BCUT2D eigenvalue weighted by atomic mass is 16.5. The summed E-state index contributed by atoms with van der Waals surface area (Å²) in [7, 11) is 1.58. The lowest BCUT2D eigenvalue weighted by Gasteiger charge is -2.06. The molecule has 0 fully saturated rings. The highest BCUT2D eigenvalue weighted by molar-refractivity contribution is 5.93. The van der Waals surface area contributed by atoms with E-state index in [-0.39, 0.29) is 12.3 Å². The number of benzene rings is 1. The molecule has 2 N–H and O–H groups in total. The van der Waals surface area contributed by atoms with Crippen LogP contribution in [0.15, 0.2) is 46.9 Å². The van der Waals surface area contributed by atoms with Crippen LogP contribution in [0.2, 0.25) is 0 Å². The summed E-state index contributed by atoms with van der Waals surface area (Å²) < 4.78 is 10.3. The van der Waals surface area contributed by atoms with Gasteiger partial charge in [-0.15, -0.1) is 0 Å². The molecule has 2 aromatic rings. The van der Waals surface area contributed by atoms with Crippen LogP contribution in [0.25, 0.3) is 6.08 Å². The third kappa shape index (κ3) is 5.35. The van der Waals surface area contributed by atoms with Crippen molar-refractivity contribution < 1.29 is 18.7 Å². The van der Waals surface area contributed by atoms with E-state index in [4.69, 9.17) is 9.15 Å². The fourth-order valence-corrected chi connectivity index (χ4v) is 1.85. The number of nitrogens with one attached hydrogen (secondary N) is 2. The van der Waals surface area contributed by atoms with Gasteiger partial charge in [-0.1, -0.05) is 12.1 Å². The second-order valence-electron chi connectivity index (χ2n) is 4.84. The number of rotatable bonds is 5. The van der Waals surface area contributed by atoms with Crippen LogP contribution >= 0.6 is 0 Å². The summed E-state index contributed by atoms with van der Waals surface area (Å²) in [5.74, 6) is 1.30. The number of furan rings is 1. The monoisotopic (exact) mass is 314 g/mol. The summed E-state index contributed by atoms with van der Waals surface area (Å²) in [4.78, 5) is 23.3. The maximum Gasteiger partial charge on any atom is 0.262 e. The summed E-state index contributed by atoms with van der Waals surface area (Å²) in [5, 5.41) is 0. The van der Waals surface area contributed by atoms with Crippen molar-refractivity contribution in [2.75, 3.05) is 7.11 Å². The van der Waals surface area contributed by atoms with Crippen molar-refractivity contribution in [2.24, 2.45) is 0 Å². The second-order valence-corrected chi connectivity index (χ2v) is 4.84. The number of methoxy groups -OCH3 is 1. The molecule has 23 heavy (non-hydrogen) atoms. The molecule has 6 heteroatoms. The molecule has 0 saturated heterocycles. The van der Waals surface area contributed by atoms with Gasteiger partial charge in [0.15, 0.2) is 0 Å². The number of amides is 2. The van der Waals surface area contributed by atoms with Crippen LogP contribution in [0.1, 0.15) is 17.1 Å². The van der Waals surface area contributed by atoms with Crippen molar-refractivity contribution in [2.45, 2.75) is 13.3 Å². The maximum atomic E-state index is 11.7. The van der Waals surface area contributed by atoms with E-state index in [0.717, 1.165) is 17.1 Å². The van der Waals surface area contributed by atoms with Gasteiger partial charge in [0.2, 0.25) is 5.91 Å². The molecule has 0 radical (unpaired) electrons. The Morgan fingerprint density at radius 1 is 1.13 bits per heavy atom. The van der Waals surface area contributed by atoms with Gasteiger partial charge >= 0.3 is 0 Å². The van der Waals surface area contributed by atoms with E-state index >= 15 is 0 Å². The number of ether oxygens (including phenoxy) is 1. The Kier molecular flexibility index (Phi) is 5.57. The smallest absolute Gasteiger partial charge is 0.262 e. The maximum absolute atomic E-state index is 11.7. The van der Waals surface area contributed by atoms with Crippen molar-refractivity contribution in [3.05, 3.63) is 59.6 Å². The SMILES string of the molecule is COc1ccc(CC(=O)NNC(=O)/C=C/c2ccc(C)o2)cc1. The van der Waals surface area contributed by atoms with Gasteiger partial charge in [-0.3, -0.25) is 20.4 Å². The molecule has 120 valence electrons. The van der Waals surface area contributed by atoms with Gasteiger partial charge in [-0.2, -0.15) is 0 Å². The van der Waals surface area contributed by atoms with E-state index in [1.165, 1.54) is 12.2 Å². The Bertz CT molecular complexity index is 702. The third-order valence-electron chi connectivity index (χ3n) is 3.01. The summed E-state index contributed by atoms with van der Waals surface area (Å²) in [6.07, 6.45) is 2.97. The zero-order valence-electron chi connectivity index (χ0n) is 13.0. The minimum atomic E-state index is -0.442. The Morgan fingerprint density at radius 2 is 1.87 bits per heavy atom. The van der Waals surface area contributed by atoms with Crippen LogP contribution in [0, 0.1) is 6.92 Å². The highest BCUT2D eigenvalue weighted by Gasteiger charge is 2.04. The molecule has 0 saturated carbocycles. The molecule has 2 amide bonds. The van der Waals surface area contributed by atoms with Crippen LogP contribution in [0.3, 0.4) is 0 Å². The first-order valence-electron chi connectivity index (χ1n) is 7.03. The summed E-state index contributed by atoms with van der Waals surface area (Å²) in [5.41, 5.74) is 5.48. The van der Waals surface area contributed by atoms with Gasteiger partial charge in [-0.05, 0) is 42.8 Å². The van der Waals surface area contributed by atoms with Crippen molar-refractivity contribution in [1.82, 2.24) is 10.9 Å². The van der Waals surface area contributed by atoms with Crippen LogP contribution in [-0.4, -0.2) is 18.9 Å². The van der Waals surface area contributed by atoms with Gasteiger partial charge in [0, 0.05) is 6.08 Å². The van der Waals surface area contributed by atoms with Crippen molar-refractivity contribution in [3.8, 4) is 5.75 Å². The van der Waals surface area contributed by atoms with Gasteiger partial charge in [-0.25, -0.2) is 0 Å². The third-order valence-corrected chi connectivity index (χ3v) is 3.01. The van der Waals surface area contributed by atoms with E-state index in [0.29, 0.717) is 5.76 Å². The molecule has 0 atom stereocenters. The van der Waals surface area contributed by atoms with Crippen LogP contribution < -0.4 is 15.6 Å². The molecule has 0 aliphatic rings. The lowest BCUT2D eigenvalue weighted by atomic mass is 10.1. The molecule has 0 aliphatic carbocycles. The number of hydrogen-bond acceptors (Lipinski definition) is 4. The summed E-state index contributed by atoms with van der Waals surface area (Å²) in [6.45, 7) is 1.82. The first kappa shape index (κ1) is 16.4. The molecule has 0 unspecified atom stereocenters. The Balaban J connectivity index is 1.76. The van der Waals surface area contributed by atoms with Crippen LogP contribution in [0.4, 0.5) is 0 Å². The summed E-state index contributed by atoms with van der Waals surface area (Å²) >= 11 is 0. The Labute approximate surface area is 134 Å². The van der Waals surface area contributed by atoms with Gasteiger partial charge < -0.3 is 9.15 Å². The van der Waals surface area contributed by atoms with Crippen LogP contribution in [0.5, 0.6) is 5.75 Å². The van der Waals surface area contributed by atoms with Gasteiger partial charge in [0.25, 0.3) is 5.91 Å². The van der Waals surface area contributed by atoms with E-state index in [1.807, 2.05) is 6.92 Å². The predicted molar refractivity (Wildman–Crippen MR) is 85.5 cm³/mol. The molecule has 2 rings (SSSR count). The highest BCUT2D eigenvalue weighted by Crippen LogP contribution is 2.11. The lowest BCUT2D eigenvalue weighted by molar-refractivity contribution is -0.126. The van der Waals surface area contributed by atoms with E-state index in [2.05, 4.69) is 10.9 Å². The Morgan fingerprint density at radius 3 is 2.48 bits per heavy atom. The number of carbonyl (C=O) groups is 2. The molecule has 0 aliphatic heterocycles. The fourth-order valence-electron chi connectivity index (χ4n) is 1.85. The largest absolute Gasteiger partial charge is 0.497 e. The van der Waals surface area contributed by atoms with E-state index in [1.54, 1.807) is 43.5 Å². The number of aryl methyl sites for hydroxylation is 1. The quantitative estimate of drug-likeness (QED) is 0.653. The molecular weight excluding hydrogens is 296 g/mol. The molecule has 1 aromatic carbocycles. The Hall–Kier alpha value is -3.02. The van der Waals surface area contributed by atoms with Gasteiger partial charge in [0.05, 0.1) is 13.5 Å². The zero-order valence-corrected chi connectivity index (χ0v) is 13.0. The second kappa shape index (κ2) is 7.84. The predicted octanol–water partition coefficient (Wildman–Crippen LogP) is 2.00. The average molecular weight is 314 g/mol. The zero-order chi connectivity index (χ0) is 16.7. The fraction of sp³-hybridized carbons (Fsp3) is 0.176. The standard InChI is InChI=1S/C17H18N2O4/c1-12-3-6-15(23-12)9-10-16(20)18-19-17(21)11-13-4-7-14(22-2)8-5-13/h3-10H,11H2,1-2H3,(H,18,20)(H,19,21)/b10-9+. The van der Waals surface area contributed by atoms with Gasteiger partial charge in [0.1, 0.15) is 17.3 Å². The molecule has 1 aromatic heterocycles. The van der Waals surface area contributed by atoms with Crippen molar-refractivity contribution >= 4 is 17.9 Å². The molecule has 0 bridgehead atoms. The van der Waals surface area contributed by atoms with Crippen molar-refractivity contribution in [3.63, 3.8) is 0 Å². The minimum absolute atomic E-state index is 0.158. The molecule has 6 nitrogen and oxygen atoms in total. The van der Waals surface area contributed by atoms with Crippen LogP contribution in [-0.2, 0) is 16.0 Å². The van der Waals surface area contributed by atoms with E-state index < -0.39 is 5.91 Å². The summed E-state index contributed by atoms with van der Waals surface area (Å²) in [6, 6.07) is 10.7. The number of hydrazine groups is 1. The minimum Gasteiger partial charge on any atom is -0.497 e. The molecular formula is C17H18N2O4. The average Bonchev–Trinajstić information content (AvgIpc) is 2.97. The molecule has 1 heterocycles. The lowest BCUT2D eigenvalue weighted by Crippen LogP contribution is -2.41. The van der Waals surface area contributed by atoms with E-state index in [9.17, 15) is 9.59 Å². The topological polar surface area (TPSA) is 80.6 Å². The first-order valence-corrected chi connectivity index (χ1v) is 7.03. The first-order chi connectivity index (χ1) is 11.1. The number of carbonyl (C=O) groups excluding carboxylic acids is 2.